The Balaban J connectivity index is 1.98. The lowest BCUT2D eigenvalue weighted by Crippen LogP contribution is -2.21. The van der Waals surface area contributed by atoms with Gasteiger partial charge in [-0.1, -0.05) is 59.7 Å². The number of nitrogens with zero attached hydrogens (tertiary/aromatic N) is 1. The first-order valence-corrected chi connectivity index (χ1v) is 11.0. The average Bonchev–Trinajstić information content (AvgIpc) is 3.30. The number of aromatic nitrogens is 2. The zero-order chi connectivity index (χ0) is 21.7. The van der Waals surface area contributed by atoms with Crippen LogP contribution in [0.25, 0.3) is 11.1 Å². The number of rotatable bonds is 3. The van der Waals surface area contributed by atoms with E-state index in [1.807, 2.05) is 18.3 Å². The molecule has 0 radical (unpaired) electrons. The molecule has 0 bridgehead atoms. The van der Waals surface area contributed by atoms with E-state index in [9.17, 15) is 5.11 Å². The molecule has 0 aliphatic heterocycles. The summed E-state index contributed by atoms with van der Waals surface area (Å²) in [5, 5.41) is 9.85. The van der Waals surface area contributed by atoms with Crippen LogP contribution in [0.1, 0.15) is 81.8 Å². The summed E-state index contributed by atoms with van der Waals surface area (Å²) in [6.45, 7) is 13.9. The van der Waals surface area contributed by atoms with E-state index < -0.39 is 0 Å². The van der Waals surface area contributed by atoms with Crippen LogP contribution in [0, 0.1) is 0 Å². The highest BCUT2D eigenvalue weighted by Crippen LogP contribution is 2.49. The van der Waals surface area contributed by atoms with Crippen LogP contribution < -0.4 is 0 Å². The van der Waals surface area contributed by atoms with Crippen molar-refractivity contribution in [3.8, 4) is 16.9 Å². The second-order valence-electron chi connectivity index (χ2n) is 10.8. The van der Waals surface area contributed by atoms with Crippen LogP contribution in [0.3, 0.4) is 0 Å². The number of aromatic hydroxyl groups is 1. The van der Waals surface area contributed by atoms with Crippen molar-refractivity contribution in [2.75, 3.05) is 0 Å². The topological polar surface area (TPSA) is 48.9 Å². The number of phenols is 1. The summed E-state index contributed by atoms with van der Waals surface area (Å²) >= 11 is 0. The monoisotopic (exact) mass is 402 g/mol. The van der Waals surface area contributed by atoms with E-state index in [-0.39, 0.29) is 10.8 Å². The Morgan fingerprint density at radius 2 is 1.67 bits per heavy atom. The Kier molecular flexibility index (Phi) is 5.04. The lowest BCUT2D eigenvalue weighted by atomic mass is 9.72. The molecule has 3 aromatic rings. The number of hydrogen-bond acceptors (Lipinski definition) is 2. The zero-order valence-electron chi connectivity index (χ0n) is 19.1. The van der Waals surface area contributed by atoms with Crippen LogP contribution in [-0.2, 0) is 23.7 Å². The molecular formula is C27H34N2O. The highest BCUT2D eigenvalue weighted by Gasteiger charge is 2.35. The van der Waals surface area contributed by atoms with Crippen molar-refractivity contribution in [3.05, 3.63) is 70.8 Å². The van der Waals surface area contributed by atoms with Crippen LogP contribution >= 0.6 is 0 Å². The first-order valence-electron chi connectivity index (χ1n) is 11.0. The van der Waals surface area contributed by atoms with Gasteiger partial charge in [0.2, 0.25) is 0 Å². The Labute approximate surface area is 180 Å². The lowest BCUT2D eigenvalue weighted by Gasteiger charge is -2.32. The maximum Gasteiger partial charge on any atom is 0.115 e. The molecule has 1 aliphatic rings. The SMILES string of the molecule is CC(C)(C)c1cc(C(C)(C)C)c2c(c1-c1ccc(O)cc1)CCC2Cc1c[nH]cn1. The smallest absolute Gasteiger partial charge is 0.115 e. The molecule has 30 heavy (non-hydrogen) atoms. The fourth-order valence-corrected chi connectivity index (χ4v) is 4.97. The third-order valence-corrected chi connectivity index (χ3v) is 6.41. The van der Waals surface area contributed by atoms with Crippen molar-refractivity contribution in [2.24, 2.45) is 0 Å². The van der Waals surface area contributed by atoms with Gasteiger partial charge in [0.25, 0.3) is 0 Å². The molecule has 4 rings (SSSR count). The van der Waals surface area contributed by atoms with Gasteiger partial charge in [0.05, 0.1) is 12.0 Å². The molecule has 0 saturated heterocycles. The zero-order valence-corrected chi connectivity index (χ0v) is 19.1. The number of fused-ring (bicyclic) bond motifs is 1. The van der Waals surface area contributed by atoms with E-state index in [1.165, 1.54) is 33.4 Å². The molecule has 1 heterocycles. The maximum absolute atomic E-state index is 9.85. The molecule has 3 heteroatoms. The summed E-state index contributed by atoms with van der Waals surface area (Å²) in [5.74, 6) is 0.804. The van der Waals surface area contributed by atoms with E-state index in [1.54, 1.807) is 6.33 Å². The van der Waals surface area contributed by atoms with Crippen LogP contribution in [0.15, 0.2) is 42.9 Å². The second-order valence-corrected chi connectivity index (χ2v) is 10.8. The number of benzene rings is 2. The van der Waals surface area contributed by atoms with Crippen LogP contribution in [0.4, 0.5) is 0 Å². The number of phenolic OH excluding ortho intramolecular Hbond substituents is 1. The van der Waals surface area contributed by atoms with Gasteiger partial charge in [-0.15, -0.1) is 0 Å². The van der Waals surface area contributed by atoms with Gasteiger partial charge in [-0.05, 0) is 81.5 Å². The number of nitrogens with one attached hydrogen (secondary N) is 1. The molecule has 1 aromatic heterocycles. The lowest BCUT2D eigenvalue weighted by molar-refractivity contribution is 0.475. The molecular weight excluding hydrogens is 368 g/mol. The Morgan fingerprint density at radius 1 is 1.00 bits per heavy atom. The molecule has 2 aromatic carbocycles. The highest BCUT2D eigenvalue weighted by molar-refractivity contribution is 5.77. The van der Waals surface area contributed by atoms with E-state index in [2.05, 4.69) is 69.7 Å². The maximum atomic E-state index is 9.85. The Morgan fingerprint density at radius 3 is 2.23 bits per heavy atom. The van der Waals surface area contributed by atoms with Crippen molar-refractivity contribution < 1.29 is 5.11 Å². The van der Waals surface area contributed by atoms with Gasteiger partial charge >= 0.3 is 0 Å². The van der Waals surface area contributed by atoms with Crippen molar-refractivity contribution in [2.45, 2.75) is 77.6 Å². The molecule has 158 valence electrons. The molecule has 1 atom stereocenters. The van der Waals surface area contributed by atoms with E-state index >= 15 is 0 Å². The molecule has 3 nitrogen and oxygen atoms in total. The third-order valence-electron chi connectivity index (χ3n) is 6.41. The average molecular weight is 403 g/mol. The molecule has 0 amide bonds. The fraction of sp³-hybridized carbons (Fsp3) is 0.444. The minimum atomic E-state index is 0.0303. The van der Waals surface area contributed by atoms with Crippen molar-refractivity contribution in [3.63, 3.8) is 0 Å². The number of hydrogen-bond donors (Lipinski definition) is 2. The van der Waals surface area contributed by atoms with Gasteiger partial charge in [-0.3, -0.25) is 0 Å². The number of aromatic amines is 1. The number of H-pyrrole nitrogens is 1. The summed E-state index contributed by atoms with van der Waals surface area (Å²) in [7, 11) is 0. The minimum absolute atomic E-state index is 0.0303. The summed E-state index contributed by atoms with van der Waals surface area (Å²) in [6.07, 6.45) is 7.03. The fourth-order valence-electron chi connectivity index (χ4n) is 4.97. The summed E-state index contributed by atoms with van der Waals surface area (Å²) < 4.78 is 0. The Hall–Kier alpha value is -2.55. The van der Waals surface area contributed by atoms with Crippen molar-refractivity contribution >= 4 is 0 Å². The first-order chi connectivity index (χ1) is 14.1. The second kappa shape index (κ2) is 7.30. The summed E-state index contributed by atoms with van der Waals surface area (Å²) in [5.41, 5.74) is 9.72. The first kappa shape index (κ1) is 20.7. The largest absolute Gasteiger partial charge is 0.508 e. The molecule has 0 fully saturated rings. The molecule has 0 saturated carbocycles. The molecule has 2 N–H and O–H groups in total. The standard InChI is InChI=1S/C27H34N2O/c1-26(2,3)22-14-23(27(4,5)6)25-18(13-19-15-28-16-29-19)9-12-21(25)24(22)17-7-10-20(30)11-8-17/h7-8,10-11,14-16,18,30H,9,12-13H2,1-6H3,(H,28,29). The van der Waals surface area contributed by atoms with Gasteiger partial charge in [-0.2, -0.15) is 0 Å². The number of imidazole rings is 1. The van der Waals surface area contributed by atoms with Crippen LogP contribution in [0.5, 0.6) is 5.75 Å². The van der Waals surface area contributed by atoms with Crippen LogP contribution in [0.2, 0.25) is 0 Å². The Bertz CT molecular complexity index is 1030. The van der Waals surface area contributed by atoms with Gasteiger partial charge < -0.3 is 10.1 Å². The summed E-state index contributed by atoms with van der Waals surface area (Å²) in [6, 6.07) is 10.2. The normalized spacial score (nSPS) is 16.7. The van der Waals surface area contributed by atoms with E-state index in [0.717, 1.165) is 25.0 Å². The van der Waals surface area contributed by atoms with Gasteiger partial charge in [0, 0.05) is 6.20 Å². The quantitative estimate of drug-likeness (QED) is 0.515. The van der Waals surface area contributed by atoms with E-state index in [0.29, 0.717) is 11.7 Å². The van der Waals surface area contributed by atoms with Crippen molar-refractivity contribution in [1.29, 1.82) is 0 Å². The molecule has 0 spiro atoms. The predicted octanol–water partition coefficient (Wildman–Crippen LogP) is 6.65. The van der Waals surface area contributed by atoms with Gasteiger partial charge in [-0.25, -0.2) is 4.98 Å². The summed E-state index contributed by atoms with van der Waals surface area (Å²) in [4.78, 5) is 7.62. The minimum Gasteiger partial charge on any atom is -0.508 e. The van der Waals surface area contributed by atoms with Crippen molar-refractivity contribution in [1.82, 2.24) is 9.97 Å². The van der Waals surface area contributed by atoms with Gasteiger partial charge in [0.1, 0.15) is 5.75 Å². The van der Waals surface area contributed by atoms with Gasteiger partial charge in [0.15, 0.2) is 0 Å². The third kappa shape index (κ3) is 3.78. The predicted molar refractivity (Wildman–Crippen MR) is 124 cm³/mol. The molecule has 1 unspecified atom stereocenters. The van der Waals surface area contributed by atoms with Crippen LogP contribution in [-0.4, -0.2) is 15.1 Å². The highest BCUT2D eigenvalue weighted by atomic mass is 16.3. The molecule has 1 aliphatic carbocycles. The van der Waals surface area contributed by atoms with E-state index in [4.69, 9.17) is 0 Å².